The molecule has 1 atom stereocenters. The molecule has 3 aromatic rings. The summed E-state index contributed by atoms with van der Waals surface area (Å²) < 4.78 is 5.25. The molecule has 1 unspecified atom stereocenters. The number of nitrogens with zero attached hydrogens (tertiary/aromatic N) is 1. The van der Waals surface area contributed by atoms with Gasteiger partial charge in [0.25, 0.3) is 5.91 Å². The van der Waals surface area contributed by atoms with Crippen molar-refractivity contribution in [3.8, 4) is 16.9 Å². The lowest BCUT2D eigenvalue weighted by molar-refractivity contribution is -0.138. The molecule has 1 N–H and O–H groups in total. The Morgan fingerprint density at radius 2 is 1.76 bits per heavy atom. The molecule has 0 radical (unpaired) electrons. The van der Waals surface area contributed by atoms with Crippen LogP contribution < -0.4 is 9.64 Å². The molecule has 0 saturated heterocycles. The van der Waals surface area contributed by atoms with E-state index >= 15 is 0 Å². The van der Waals surface area contributed by atoms with E-state index < -0.39 is 11.9 Å². The first-order valence-corrected chi connectivity index (χ1v) is 9.40. The third-order valence-electron chi connectivity index (χ3n) is 5.40. The maximum Gasteiger partial charge on any atom is 0.310 e. The Bertz CT molecular complexity index is 1090. The fraction of sp³-hybridized carbons (Fsp3) is 0.167. The molecule has 4 rings (SSSR count). The predicted octanol–water partition coefficient (Wildman–Crippen LogP) is 4.71. The van der Waals surface area contributed by atoms with Crippen molar-refractivity contribution in [2.24, 2.45) is 0 Å². The van der Waals surface area contributed by atoms with Gasteiger partial charge in [0.1, 0.15) is 5.75 Å². The number of benzene rings is 3. The lowest BCUT2D eigenvalue weighted by atomic mass is 9.94. The monoisotopic (exact) mass is 387 g/mol. The van der Waals surface area contributed by atoms with Crippen LogP contribution in [-0.2, 0) is 11.3 Å². The van der Waals surface area contributed by atoms with E-state index in [1.54, 1.807) is 25.0 Å². The molecule has 1 aliphatic heterocycles. The van der Waals surface area contributed by atoms with Crippen molar-refractivity contribution in [3.05, 3.63) is 83.4 Å². The summed E-state index contributed by atoms with van der Waals surface area (Å²) in [5, 5.41) is 9.43. The van der Waals surface area contributed by atoms with Gasteiger partial charge in [0.15, 0.2) is 0 Å². The predicted molar refractivity (Wildman–Crippen MR) is 111 cm³/mol. The van der Waals surface area contributed by atoms with Crippen LogP contribution in [0.4, 0.5) is 5.69 Å². The standard InChI is InChI=1S/C24H21NO4/c1-15(24(27)28)17-9-12-22(21(13-17)16-7-10-19(29-2)11-8-16)25-14-18-5-3-4-6-20(18)23(25)26/h3-13,15H,14H2,1-2H3,(H,27,28). The van der Waals surface area contributed by atoms with Gasteiger partial charge in [0.05, 0.1) is 25.3 Å². The van der Waals surface area contributed by atoms with Gasteiger partial charge in [-0.25, -0.2) is 0 Å². The van der Waals surface area contributed by atoms with E-state index in [4.69, 9.17) is 4.74 Å². The van der Waals surface area contributed by atoms with E-state index in [0.29, 0.717) is 17.7 Å². The Morgan fingerprint density at radius 3 is 2.41 bits per heavy atom. The van der Waals surface area contributed by atoms with E-state index in [1.165, 1.54) is 0 Å². The summed E-state index contributed by atoms with van der Waals surface area (Å²) in [5.74, 6) is -0.847. The zero-order chi connectivity index (χ0) is 20.5. The van der Waals surface area contributed by atoms with Crippen LogP contribution >= 0.6 is 0 Å². The highest BCUT2D eigenvalue weighted by molar-refractivity contribution is 6.11. The summed E-state index contributed by atoms with van der Waals surface area (Å²) in [6.45, 7) is 2.15. The number of rotatable bonds is 5. The minimum Gasteiger partial charge on any atom is -0.497 e. The molecule has 29 heavy (non-hydrogen) atoms. The van der Waals surface area contributed by atoms with Gasteiger partial charge >= 0.3 is 5.97 Å². The fourth-order valence-electron chi connectivity index (χ4n) is 3.65. The molecular weight excluding hydrogens is 366 g/mol. The van der Waals surface area contributed by atoms with Gasteiger partial charge in [0, 0.05) is 11.1 Å². The molecule has 0 aliphatic carbocycles. The number of ether oxygens (including phenoxy) is 1. The number of carboxylic acids is 1. The number of hydrogen-bond donors (Lipinski definition) is 1. The van der Waals surface area contributed by atoms with E-state index in [1.807, 2.05) is 60.7 Å². The first-order valence-electron chi connectivity index (χ1n) is 9.40. The summed E-state index contributed by atoms with van der Waals surface area (Å²) in [6.07, 6.45) is 0. The average molecular weight is 387 g/mol. The number of anilines is 1. The summed E-state index contributed by atoms with van der Waals surface area (Å²) in [5.41, 5.74) is 4.86. The molecule has 3 aromatic carbocycles. The number of methoxy groups -OCH3 is 1. The van der Waals surface area contributed by atoms with Crippen LogP contribution in [0.25, 0.3) is 11.1 Å². The van der Waals surface area contributed by atoms with Crippen LogP contribution in [0.15, 0.2) is 66.7 Å². The van der Waals surface area contributed by atoms with E-state index in [-0.39, 0.29) is 5.91 Å². The normalized spacial score (nSPS) is 13.9. The second-order valence-electron chi connectivity index (χ2n) is 7.11. The number of carbonyl (C=O) groups excluding carboxylic acids is 1. The molecule has 1 heterocycles. The van der Waals surface area contributed by atoms with Crippen LogP contribution in [0, 0.1) is 0 Å². The van der Waals surface area contributed by atoms with Crippen molar-refractivity contribution in [2.75, 3.05) is 12.0 Å². The minimum absolute atomic E-state index is 0.0469. The van der Waals surface area contributed by atoms with Gasteiger partial charge in [-0.05, 0) is 53.9 Å². The number of fused-ring (bicyclic) bond motifs is 1. The van der Waals surface area contributed by atoms with Crippen LogP contribution in [0.3, 0.4) is 0 Å². The van der Waals surface area contributed by atoms with Crippen LogP contribution in [0.1, 0.15) is 34.3 Å². The molecule has 5 nitrogen and oxygen atoms in total. The summed E-state index contributed by atoms with van der Waals surface area (Å²) in [7, 11) is 1.61. The Morgan fingerprint density at radius 1 is 1.03 bits per heavy atom. The first-order chi connectivity index (χ1) is 14.0. The van der Waals surface area contributed by atoms with E-state index in [0.717, 1.165) is 28.1 Å². The van der Waals surface area contributed by atoms with Gasteiger partial charge in [-0.1, -0.05) is 36.4 Å². The van der Waals surface area contributed by atoms with Crippen LogP contribution in [0.2, 0.25) is 0 Å². The van der Waals surface area contributed by atoms with Crippen molar-refractivity contribution in [1.29, 1.82) is 0 Å². The summed E-state index contributed by atoms with van der Waals surface area (Å²) in [4.78, 5) is 26.3. The van der Waals surface area contributed by atoms with E-state index in [9.17, 15) is 14.7 Å². The maximum atomic E-state index is 13.0. The first kappa shape index (κ1) is 18.7. The second-order valence-corrected chi connectivity index (χ2v) is 7.11. The van der Waals surface area contributed by atoms with Gasteiger partial charge in [-0.15, -0.1) is 0 Å². The molecule has 146 valence electrons. The SMILES string of the molecule is COc1ccc(-c2cc(C(C)C(=O)O)ccc2N2Cc3ccccc3C2=O)cc1. The summed E-state index contributed by atoms with van der Waals surface area (Å²) >= 11 is 0. The Labute approximate surface area is 169 Å². The fourth-order valence-corrected chi connectivity index (χ4v) is 3.65. The van der Waals surface area contributed by atoms with Gasteiger partial charge in [-0.2, -0.15) is 0 Å². The zero-order valence-electron chi connectivity index (χ0n) is 16.3. The highest BCUT2D eigenvalue weighted by Crippen LogP contribution is 2.38. The van der Waals surface area contributed by atoms with Crippen LogP contribution in [-0.4, -0.2) is 24.1 Å². The quantitative estimate of drug-likeness (QED) is 0.688. The molecule has 1 amide bonds. The van der Waals surface area contributed by atoms with Gasteiger partial charge in [-0.3, -0.25) is 9.59 Å². The molecule has 1 aliphatic rings. The zero-order valence-corrected chi connectivity index (χ0v) is 16.3. The maximum absolute atomic E-state index is 13.0. The number of amides is 1. The average Bonchev–Trinajstić information content (AvgIpc) is 3.09. The Balaban J connectivity index is 1.83. The van der Waals surface area contributed by atoms with Crippen molar-refractivity contribution >= 4 is 17.6 Å². The van der Waals surface area contributed by atoms with Crippen molar-refractivity contribution < 1.29 is 19.4 Å². The van der Waals surface area contributed by atoms with Gasteiger partial charge < -0.3 is 14.7 Å². The van der Waals surface area contributed by atoms with Crippen molar-refractivity contribution in [1.82, 2.24) is 0 Å². The van der Waals surface area contributed by atoms with Crippen molar-refractivity contribution in [2.45, 2.75) is 19.4 Å². The third-order valence-corrected chi connectivity index (χ3v) is 5.40. The second kappa shape index (κ2) is 7.43. The lowest BCUT2D eigenvalue weighted by Crippen LogP contribution is -2.24. The van der Waals surface area contributed by atoms with E-state index in [2.05, 4.69) is 0 Å². The molecule has 0 bridgehead atoms. The number of carboxylic acid groups (broad SMARTS) is 1. The topological polar surface area (TPSA) is 66.8 Å². The molecular formula is C24H21NO4. The van der Waals surface area contributed by atoms with Crippen LogP contribution in [0.5, 0.6) is 5.75 Å². The third kappa shape index (κ3) is 3.36. The lowest BCUT2D eigenvalue weighted by Gasteiger charge is -2.22. The van der Waals surface area contributed by atoms with Crippen molar-refractivity contribution in [3.63, 3.8) is 0 Å². The number of carbonyl (C=O) groups is 2. The number of aliphatic carboxylic acids is 1. The highest BCUT2D eigenvalue weighted by atomic mass is 16.5. The molecule has 0 spiro atoms. The largest absolute Gasteiger partial charge is 0.497 e. The highest BCUT2D eigenvalue weighted by Gasteiger charge is 2.30. The molecule has 0 aromatic heterocycles. The number of hydrogen-bond acceptors (Lipinski definition) is 3. The minimum atomic E-state index is -0.886. The Hall–Kier alpha value is -3.60. The smallest absolute Gasteiger partial charge is 0.310 e. The summed E-state index contributed by atoms with van der Waals surface area (Å²) in [6, 6.07) is 20.6. The van der Waals surface area contributed by atoms with Gasteiger partial charge in [0.2, 0.25) is 0 Å². The molecule has 5 heteroatoms. The Kier molecular flexibility index (Phi) is 4.80. The molecule has 0 fully saturated rings. The molecule has 0 saturated carbocycles.